The van der Waals surface area contributed by atoms with Crippen molar-refractivity contribution in [2.24, 2.45) is 0 Å². The summed E-state index contributed by atoms with van der Waals surface area (Å²) in [5, 5.41) is 9.81. The zero-order valence-electron chi connectivity index (χ0n) is 12.4. The van der Waals surface area contributed by atoms with Crippen LogP contribution in [0.25, 0.3) is 0 Å². The average Bonchev–Trinajstić information content (AvgIpc) is 2.50. The highest BCUT2D eigenvalue weighted by Gasteiger charge is 2.17. The molecule has 0 aromatic heterocycles. The first-order valence-electron chi connectivity index (χ1n) is 7.65. The molecule has 0 radical (unpaired) electrons. The highest BCUT2D eigenvalue weighted by atomic mass is 16.5. The van der Waals surface area contributed by atoms with Crippen LogP contribution in [0.15, 0.2) is 30.3 Å². The fraction of sp³-hybridized carbons (Fsp3) is 0.588. The SMILES string of the molecule is CCCCCCCCCOC(=O)[C@H](O)c1ccccc1. The van der Waals surface area contributed by atoms with Gasteiger partial charge in [0.2, 0.25) is 0 Å². The number of carbonyl (C=O) groups is 1. The molecule has 0 aliphatic carbocycles. The molecule has 1 rings (SSSR count). The van der Waals surface area contributed by atoms with Crippen LogP contribution in [-0.2, 0) is 9.53 Å². The summed E-state index contributed by atoms with van der Waals surface area (Å²) in [5.41, 5.74) is 0.581. The second-order valence-electron chi connectivity index (χ2n) is 5.10. The predicted molar refractivity (Wildman–Crippen MR) is 80.4 cm³/mol. The summed E-state index contributed by atoms with van der Waals surface area (Å²) in [6.45, 7) is 2.61. The molecule has 1 atom stereocenters. The van der Waals surface area contributed by atoms with E-state index in [2.05, 4.69) is 6.92 Å². The summed E-state index contributed by atoms with van der Waals surface area (Å²) in [4.78, 5) is 11.6. The van der Waals surface area contributed by atoms with Crippen LogP contribution in [0.5, 0.6) is 0 Å². The van der Waals surface area contributed by atoms with E-state index in [0.717, 1.165) is 12.8 Å². The molecule has 0 saturated heterocycles. The first-order valence-corrected chi connectivity index (χ1v) is 7.65. The molecule has 0 unspecified atom stereocenters. The Morgan fingerprint density at radius 3 is 2.30 bits per heavy atom. The van der Waals surface area contributed by atoms with Gasteiger partial charge in [0.1, 0.15) is 0 Å². The third kappa shape index (κ3) is 6.71. The molecule has 0 heterocycles. The first-order chi connectivity index (χ1) is 9.75. The van der Waals surface area contributed by atoms with Crippen LogP contribution in [0.1, 0.15) is 63.5 Å². The number of aliphatic hydroxyl groups excluding tert-OH is 1. The van der Waals surface area contributed by atoms with Crippen LogP contribution in [0.4, 0.5) is 0 Å². The van der Waals surface area contributed by atoms with Crippen LogP contribution in [0, 0.1) is 0 Å². The molecule has 1 aromatic rings. The molecule has 0 amide bonds. The van der Waals surface area contributed by atoms with Gasteiger partial charge < -0.3 is 9.84 Å². The van der Waals surface area contributed by atoms with Crippen LogP contribution in [-0.4, -0.2) is 17.7 Å². The molecule has 3 nitrogen and oxygen atoms in total. The molecule has 1 aromatic carbocycles. The van der Waals surface area contributed by atoms with E-state index in [-0.39, 0.29) is 0 Å². The van der Waals surface area contributed by atoms with Gasteiger partial charge in [-0.25, -0.2) is 4.79 Å². The summed E-state index contributed by atoms with van der Waals surface area (Å²) in [6, 6.07) is 8.88. The number of esters is 1. The normalized spacial score (nSPS) is 12.1. The average molecular weight is 278 g/mol. The van der Waals surface area contributed by atoms with E-state index in [1.54, 1.807) is 24.3 Å². The smallest absolute Gasteiger partial charge is 0.339 e. The lowest BCUT2D eigenvalue weighted by atomic mass is 10.1. The maximum absolute atomic E-state index is 11.6. The molecule has 0 aliphatic rings. The number of ether oxygens (including phenoxy) is 1. The van der Waals surface area contributed by atoms with E-state index in [0.29, 0.717) is 12.2 Å². The van der Waals surface area contributed by atoms with Crippen molar-refractivity contribution in [3.8, 4) is 0 Å². The Bertz CT molecular complexity index is 362. The zero-order chi connectivity index (χ0) is 14.6. The maximum Gasteiger partial charge on any atom is 0.339 e. The van der Waals surface area contributed by atoms with Gasteiger partial charge in [-0.1, -0.05) is 75.8 Å². The van der Waals surface area contributed by atoms with Gasteiger partial charge in [0.25, 0.3) is 0 Å². The van der Waals surface area contributed by atoms with E-state index in [1.807, 2.05) is 6.07 Å². The number of benzene rings is 1. The quantitative estimate of drug-likeness (QED) is 0.519. The fourth-order valence-electron chi connectivity index (χ4n) is 2.08. The molecule has 0 bridgehead atoms. The Morgan fingerprint density at radius 1 is 1.05 bits per heavy atom. The molecular formula is C17H26O3. The summed E-state index contributed by atoms with van der Waals surface area (Å²) in [7, 11) is 0. The van der Waals surface area contributed by atoms with Crippen LogP contribution in [0.2, 0.25) is 0 Å². The van der Waals surface area contributed by atoms with Gasteiger partial charge in [-0.2, -0.15) is 0 Å². The Labute approximate surface area is 122 Å². The zero-order valence-corrected chi connectivity index (χ0v) is 12.4. The third-order valence-electron chi connectivity index (χ3n) is 3.33. The van der Waals surface area contributed by atoms with Gasteiger partial charge in [-0.3, -0.25) is 0 Å². The maximum atomic E-state index is 11.6. The Balaban J connectivity index is 2.08. The van der Waals surface area contributed by atoms with Gasteiger partial charge in [0.05, 0.1) is 6.61 Å². The monoisotopic (exact) mass is 278 g/mol. The van der Waals surface area contributed by atoms with Crippen LogP contribution < -0.4 is 0 Å². The largest absolute Gasteiger partial charge is 0.464 e. The number of hydrogen-bond donors (Lipinski definition) is 1. The minimum absolute atomic E-state index is 0.399. The molecule has 0 saturated carbocycles. The summed E-state index contributed by atoms with van der Waals surface area (Å²) in [5.74, 6) is -0.554. The number of hydrogen-bond acceptors (Lipinski definition) is 3. The molecule has 0 aliphatic heterocycles. The topological polar surface area (TPSA) is 46.5 Å². The molecule has 112 valence electrons. The van der Waals surface area contributed by atoms with Gasteiger partial charge in [0, 0.05) is 0 Å². The van der Waals surface area contributed by atoms with Crippen molar-refractivity contribution in [1.29, 1.82) is 0 Å². The number of rotatable bonds is 10. The lowest BCUT2D eigenvalue weighted by Gasteiger charge is -2.10. The highest BCUT2D eigenvalue weighted by molar-refractivity contribution is 5.76. The number of unbranched alkanes of at least 4 members (excludes halogenated alkanes) is 6. The third-order valence-corrected chi connectivity index (χ3v) is 3.33. The molecule has 0 fully saturated rings. The lowest BCUT2D eigenvalue weighted by molar-refractivity contribution is -0.154. The van der Waals surface area contributed by atoms with Crippen molar-refractivity contribution >= 4 is 5.97 Å². The van der Waals surface area contributed by atoms with E-state index in [9.17, 15) is 9.90 Å². The van der Waals surface area contributed by atoms with Gasteiger partial charge >= 0.3 is 5.97 Å². The molecular weight excluding hydrogens is 252 g/mol. The second kappa shape index (κ2) is 10.4. The van der Waals surface area contributed by atoms with Crippen LogP contribution in [0.3, 0.4) is 0 Å². The van der Waals surface area contributed by atoms with Crippen molar-refractivity contribution in [2.45, 2.75) is 58.0 Å². The van der Waals surface area contributed by atoms with E-state index in [1.165, 1.54) is 32.1 Å². The highest BCUT2D eigenvalue weighted by Crippen LogP contribution is 2.14. The van der Waals surface area contributed by atoms with E-state index in [4.69, 9.17) is 4.74 Å². The number of aliphatic hydroxyl groups is 1. The first kappa shape index (κ1) is 16.7. The Kier molecular flexibility index (Phi) is 8.72. The molecule has 3 heteroatoms. The Hall–Kier alpha value is -1.35. The van der Waals surface area contributed by atoms with Gasteiger partial charge in [-0.05, 0) is 12.0 Å². The van der Waals surface area contributed by atoms with Crippen molar-refractivity contribution < 1.29 is 14.6 Å². The molecule has 20 heavy (non-hydrogen) atoms. The summed E-state index contributed by atoms with van der Waals surface area (Å²) >= 11 is 0. The minimum atomic E-state index is -1.17. The predicted octanol–water partition coefficient (Wildman–Crippen LogP) is 4.01. The van der Waals surface area contributed by atoms with Gasteiger partial charge in [0.15, 0.2) is 6.10 Å². The molecule has 0 spiro atoms. The summed E-state index contributed by atoms with van der Waals surface area (Å²) in [6.07, 6.45) is 7.10. The summed E-state index contributed by atoms with van der Waals surface area (Å²) < 4.78 is 5.10. The van der Waals surface area contributed by atoms with Crippen molar-refractivity contribution in [1.82, 2.24) is 0 Å². The van der Waals surface area contributed by atoms with Crippen molar-refractivity contribution in [3.63, 3.8) is 0 Å². The second-order valence-corrected chi connectivity index (χ2v) is 5.10. The lowest BCUT2D eigenvalue weighted by Crippen LogP contribution is -2.16. The van der Waals surface area contributed by atoms with Crippen LogP contribution >= 0.6 is 0 Å². The van der Waals surface area contributed by atoms with Gasteiger partial charge in [-0.15, -0.1) is 0 Å². The molecule has 1 N–H and O–H groups in total. The van der Waals surface area contributed by atoms with Crippen molar-refractivity contribution in [2.75, 3.05) is 6.61 Å². The minimum Gasteiger partial charge on any atom is -0.464 e. The standard InChI is InChI=1S/C17H26O3/c1-2-3-4-5-6-7-11-14-20-17(19)16(18)15-12-9-8-10-13-15/h8-10,12-13,16,18H,2-7,11,14H2,1H3/t16-/m1/s1. The number of carbonyl (C=O) groups excluding carboxylic acids is 1. The van der Waals surface area contributed by atoms with Crippen molar-refractivity contribution in [3.05, 3.63) is 35.9 Å². The van der Waals surface area contributed by atoms with E-state index >= 15 is 0 Å². The van der Waals surface area contributed by atoms with E-state index < -0.39 is 12.1 Å². The fourth-order valence-corrected chi connectivity index (χ4v) is 2.08. The Morgan fingerprint density at radius 2 is 1.65 bits per heavy atom.